The van der Waals surface area contributed by atoms with Crippen LogP contribution < -0.4 is 5.32 Å². The minimum absolute atomic E-state index is 0.132. The fourth-order valence-corrected chi connectivity index (χ4v) is 3.70. The van der Waals surface area contributed by atoms with Crippen molar-refractivity contribution in [3.8, 4) is 0 Å². The van der Waals surface area contributed by atoms with Crippen molar-refractivity contribution in [1.82, 2.24) is 4.90 Å². The van der Waals surface area contributed by atoms with Gasteiger partial charge in [0.2, 0.25) is 0 Å². The molecule has 3 rings (SSSR count). The molecule has 1 aliphatic rings. The summed E-state index contributed by atoms with van der Waals surface area (Å²) >= 11 is 1.46. The number of para-hydroxylation sites is 1. The fraction of sp³-hybridized carbons (Fsp3) is 0.333. The third-order valence-electron chi connectivity index (χ3n) is 4.32. The summed E-state index contributed by atoms with van der Waals surface area (Å²) in [6.07, 6.45) is 0.749. The van der Waals surface area contributed by atoms with Crippen LogP contribution in [0.3, 0.4) is 0 Å². The van der Waals surface area contributed by atoms with Crippen molar-refractivity contribution in [2.45, 2.75) is 33.3 Å². The van der Waals surface area contributed by atoms with E-state index in [1.54, 1.807) is 0 Å². The molecule has 27 heavy (non-hydrogen) atoms. The molecule has 2 amide bonds. The zero-order chi connectivity index (χ0) is 19.4. The predicted octanol–water partition coefficient (Wildman–Crippen LogP) is 4.06. The molecule has 0 aliphatic carbocycles. The monoisotopic (exact) mass is 384 g/mol. The lowest BCUT2D eigenvalue weighted by atomic mass is 10.1. The normalized spacial score (nSPS) is 14.6. The van der Waals surface area contributed by atoms with Crippen LogP contribution >= 0.6 is 11.3 Å². The van der Waals surface area contributed by atoms with Crippen molar-refractivity contribution in [3.63, 3.8) is 0 Å². The van der Waals surface area contributed by atoms with Gasteiger partial charge in [-0.2, -0.15) is 0 Å². The van der Waals surface area contributed by atoms with Gasteiger partial charge in [0.15, 0.2) is 0 Å². The lowest BCUT2D eigenvalue weighted by Crippen LogP contribution is -2.34. The number of imide groups is 1. The standard InChI is InChI=1S/C21H24N2O3S/c1-14(2)26-12-7-11-23-20(24)18(17-10-6-13-27-17)19(21(23)25)22-16-9-5-4-8-15(16)3/h4-6,8-10,13-14,22H,7,11-12H2,1-3H3. The summed E-state index contributed by atoms with van der Waals surface area (Å²) in [5.74, 6) is -0.528. The number of hydrogen-bond donors (Lipinski definition) is 1. The summed E-state index contributed by atoms with van der Waals surface area (Å²) in [6, 6.07) is 11.5. The molecular weight excluding hydrogens is 360 g/mol. The Morgan fingerprint density at radius 3 is 2.56 bits per heavy atom. The Kier molecular flexibility index (Phi) is 6.08. The summed E-state index contributed by atoms with van der Waals surface area (Å²) in [7, 11) is 0. The van der Waals surface area contributed by atoms with Gasteiger partial charge in [0, 0.05) is 23.7 Å². The first-order chi connectivity index (χ1) is 13.0. The molecule has 1 aromatic carbocycles. The molecule has 2 heterocycles. The van der Waals surface area contributed by atoms with E-state index >= 15 is 0 Å². The van der Waals surface area contributed by atoms with Crippen molar-refractivity contribution in [1.29, 1.82) is 0 Å². The molecule has 0 saturated heterocycles. The van der Waals surface area contributed by atoms with Crippen LogP contribution in [0.1, 0.15) is 30.7 Å². The van der Waals surface area contributed by atoms with Crippen LogP contribution in [0.15, 0.2) is 47.5 Å². The van der Waals surface area contributed by atoms with E-state index in [0.717, 1.165) is 16.1 Å². The maximum Gasteiger partial charge on any atom is 0.278 e. The zero-order valence-electron chi connectivity index (χ0n) is 15.8. The highest BCUT2D eigenvalue weighted by Crippen LogP contribution is 2.33. The number of anilines is 1. The number of rotatable bonds is 8. The first kappa shape index (κ1) is 19.3. The Morgan fingerprint density at radius 2 is 1.89 bits per heavy atom. The topological polar surface area (TPSA) is 58.6 Å². The Hall–Kier alpha value is -2.44. The average Bonchev–Trinajstić information content (AvgIpc) is 3.22. The van der Waals surface area contributed by atoms with Crippen LogP contribution in [0.5, 0.6) is 0 Å². The maximum absolute atomic E-state index is 13.0. The van der Waals surface area contributed by atoms with Gasteiger partial charge in [-0.15, -0.1) is 11.3 Å². The van der Waals surface area contributed by atoms with Crippen LogP contribution in [0.25, 0.3) is 5.57 Å². The molecule has 0 saturated carbocycles. The van der Waals surface area contributed by atoms with Crippen molar-refractivity contribution in [2.75, 3.05) is 18.5 Å². The minimum atomic E-state index is -0.281. The molecule has 0 fully saturated rings. The quantitative estimate of drug-likeness (QED) is 0.551. The molecule has 0 bridgehead atoms. The summed E-state index contributed by atoms with van der Waals surface area (Å²) < 4.78 is 5.53. The molecule has 142 valence electrons. The Morgan fingerprint density at radius 1 is 1.11 bits per heavy atom. The largest absolute Gasteiger partial charge is 0.379 e. The van der Waals surface area contributed by atoms with Gasteiger partial charge in [0.25, 0.3) is 11.8 Å². The van der Waals surface area contributed by atoms with Crippen LogP contribution in [0, 0.1) is 6.92 Å². The zero-order valence-corrected chi connectivity index (χ0v) is 16.6. The number of benzene rings is 1. The molecule has 6 heteroatoms. The van der Waals surface area contributed by atoms with Crippen molar-refractivity contribution < 1.29 is 14.3 Å². The third kappa shape index (κ3) is 4.28. The van der Waals surface area contributed by atoms with E-state index < -0.39 is 0 Å². The number of hydrogen-bond acceptors (Lipinski definition) is 5. The maximum atomic E-state index is 13.0. The number of amides is 2. The van der Waals surface area contributed by atoms with Gasteiger partial charge in [0.1, 0.15) is 5.70 Å². The average molecular weight is 385 g/mol. The van der Waals surface area contributed by atoms with Crippen LogP contribution in [-0.4, -0.2) is 36.0 Å². The van der Waals surface area contributed by atoms with E-state index in [-0.39, 0.29) is 17.9 Å². The Labute approximate surface area is 163 Å². The molecule has 0 spiro atoms. The Bertz CT molecular complexity index is 856. The van der Waals surface area contributed by atoms with Crippen LogP contribution in [0.2, 0.25) is 0 Å². The van der Waals surface area contributed by atoms with Crippen LogP contribution in [0.4, 0.5) is 5.69 Å². The van der Waals surface area contributed by atoms with Crippen LogP contribution in [-0.2, 0) is 14.3 Å². The minimum Gasteiger partial charge on any atom is -0.379 e. The number of aryl methyl sites for hydroxylation is 1. The van der Waals surface area contributed by atoms with E-state index in [2.05, 4.69) is 5.32 Å². The first-order valence-corrected chi connectivity index (χ1v) is 9.95. The molecular formula is C21H24N2O3S. The molecule has 1 aromatic heterocycles. The van der Waals surface area contributed by atoms with Gasteiger partial charge in [0.05, 0.1) is 11.7 Å². The number of carbonyl (C=O) groups is 2. The molecule has 1 N–H and O–H groups in total. The Balaban J connectivity index is 1.85. The van der Waals surface area contributed by atoms with Gasteiger partial charge in [-0.1, -0.05) is 24.3 Å². The number of carbonyl (C=O) groups excluding carboxylic acids is 2. The molecule has 1 aliphatic heterocycles. The SMILES string of the molecule is Cc1ccccc1NC1=C(c2cccs2)C(=O)N(CCCOC(C)C)C1=O. The van der Waals surface area contributed by atoms with E-state index in [9.17, 15) is 9.59 Å². The van der Waals surface area contributed by atoms with Gasteiger partial charge >= 0.3 is 0 Å². The lowest BCUT2D eigenvalue weighted by Gasteiger charge is -2.16. The highest BCUT2D eigenvalue weighted by atomic mass is 32.1. The predicted molar refractivity (Wildman–Crippen MR) is 108 cm³/mol. The van der Waals surface area contributed by atoms with Crippen molar-refractivity contribution in [3.05, 3.63) is 57.9 Å². The second-order valence-electron chi connectivity index (χ2n) is 6.70. The second-order valence-corrected chi connectivity index (χ2v) is 7.65. The van der Waals surface area contributed by atoms with E-state index in [4.69, 9.17) is 4.74 Å². The summed E-state index contributed by atoms with van der Waals surface area (Å²) in [5, 5.41) is 5.12. The molecule has 5 nitrogen and oxygen atoms in total. The molecule has 0 unspecified atom stereocenters. The smallest absolute Gasteiger partial charge is 0.278 e. The van der Waals surface area contributed by atoms with E-state index in [0.29, 0.717) is 30.8 Å². The first-order valence-electron chi connectivity index (χ1n) is 9.07. The second kappa shape index (κ2) is 8.50. The number of nitrogens with zero attached hydrogens (tertiary/aromatic N) is 1. The third-order valence-corrected chi connectivity index (χ3v) is 5.20. The highest BCUT2D eigenvalue weighted by molar-refractivity contribution is 7.11. The molecule has 2 aromatic rings. The van der Waals surface area contributed by atoms with Gasteiger partial charge in [-0.3, -0.25) is 14.5 Å². The molecule has 0 atom stereocenters. The fourth-order valence-electron chi connectivity index (χ4n) is 2.93. The highest BCUT2D eigenvalue weighted by Gasteiger charge is 2.39. The van der Waals surface area contributed by atoms with Crippen molar-refractivity contribution in [2.24, 2.45) is 0 Å². The summed E-state index contributed by atoms with van der Waals surface area (Å²) in [6.45, 7) is 6.76. The molecule has 0 radical (unpaired) electrons. The van der Waals surface area contributed by atoms with Gasteiger partial charge < -0.3 is 10.1 Å². The number of ether oxygens (including phenoxy) is 1. The van der Waals surface area contributed by atoms with Gasteiger partial charge in [-0.05, 0) is 50.3 Å². The lowest BCUT2D eigenvalue weighted by molar-refractivity contribution is -0.137. The van der Waals surface area contributed by atoms with Gasteiger partial charge in [-0.25, -0.2) is 0 Å². The number of thiophene rings is 1. The summed E-state index contributed by atoms with van der Waals surface area (Å²) in [4.78, 5) is 28.1. The van der Waals surface area contributed by atoms with E-state index in [1.807, 2.05) is 62.5 Å². The van der Waals surface area contributed by atoms with E-state index in [1.165, 1.54) is 16.2 Å². The number of nitrogens with one attached hydrogen (secondary N) is 1. The summed E-state index contributed by atoms with van der Waals surface area (Å²) in [5.41, 5.74) is 2.64. The van der Waals surface area contributed by atoms with Crippen molar-refractivity contribution >= 4 is 34.4 Å².